The van der Waals surface area contributed by atoms with Crippen LogP contribution in [0.3, 0.4) is 0 Å². The molecule has 0 unspecified atom stereocenters. The number of benzene rings is 2. The minimum atomic E-state index is -0.292. The Morgan fingerprint density at radius 2 is 1.67 bits per heavy atom. The average Bonchev–Trinajstić information content (AvgIpc) is 2.46. The van der Waals surface area contributed by atoms with Gasteiger partial charge in [-0.1, -0.05) is 0 Å². The second-order valence-corrected chi connectivity index (χ2v) is 5.47. The Balaban J connectivity index is 1.93. The Morgan fingerprint density at radius 3 is 2.24 bits per heavy atom. The van der Waals surface area contributed by atoms with Crippen molar-refractivity contribution in [2.45, 2.75) is 11.8 Å². The molecule has 2 rings (SSSR count). The average molecular weight is 303 g/mol. The molecule has 0 aliphatic heterocycles. The van der Waals surface area contributed by atoms with E-state index in [2.05, 4.69) is 5.32 Å². The van der Waals surface area contributed by atoms with Gasteiger partial charge >= 0.3 is 0 Å². The lowest BCUT2D eigenvalue weighted by Gasteiger charge is -2.04. The summed E-state index contributed by atoms with van der Waals surface area (Å²) in [6.07, 6.45) is 0. The highest BCUT2D eigenvalue weighted by Crippen LogP contribution is 2.20. The van der Waals surface area contributed by atoms with Gasteiger partial charge in [0, 0.05) is 23.1 Å². The van der Waals surface area contributed by atoms with E-state index in [0.717, 1.165) is 4.90 Å². The van der Waals surface area contributed by atoms with Crippen molar-refractivity contribution in [2.75, 3.05) is 11.1 Å². The molecule has 0 radical (unpaired) electrons. The van der Waals surface area contributed by atoms with Gasteiger partial charge in [0.15, 0.2) is 5.78 Å². The van der Waals surface area contributed by atoms with Crippen LogP contribution in [0.1, 0.15) is 17.3 Å². The highest BCUT2D eigenvalue weighted by atomic mass is 32.2. The lowest BCUT2D eigenvalue weighted by atomic mass is 10.1. The van der Waals surface area contributed by atoms with Gasteiger partial charge in [0.2, 0.25) is 5.91 Å². The monoisotopic (exact) mass is 303 g/mol. The van der Waals surface area contributed by atoms with Gasteiger partial charge in [0.1, 0.15) is 5.82 Å². The van der Waals surface area contributed by atoms with Crippen LogP contribution >= 0.6 is 11.8 Å². The van der Waals surface area contributed by atoms with E-state index in [0.29, 0.717) is 11.3 Å². The molecule has 0 fully saturated rings. The first-order chi connectivity index (χ1) is 10.0. The number of amides is 1. The highest BCUT2D eigenvalue weighted by molar-refractivity contribution is 8.00. The minimum Gasteiger partial charge on any atom is -0.326 e. The summed E-state index contributed by atoms with van der Waals surface area (Å²) in [7, 11) is 0. The van der Waals surface area contributed by atoms with Crippen molar-refractivity contribution in [1.29, 1.82) is 0 Å². The molecule has 0 spiro atoms. The van der Waals surface area contributed by atoms with E-state index >= 15 is 0 Å². The number of ketones is 1. The zero-order valence-corrected chi connectivity index (χ0v) is 12.2. The fourth-order valence-corrected chi connectivity index (χ4v) is 2.50. The van der Waals surface area contributed by atoms with Gasteiger partial charge in [0.05, 0.1) is 5.75 Å². The Hall–Kier alpha value is -2.14. The number of thioether (sulfide) groups is 1. The van der Waals surface area contributed by atoms with Crippen molar-refractivity contribution >= 4 is 29.1 Å². The Kier molecular flexibility index (Phi) is 5.11. The number of rotatable bonds is 5. The van der Waals surface area contributed by atoms with Crippen molar-refractivity contribution in [3.05, 3.63) is 59.9 Å². The van der Waals surface area contributed by atoms with Crippen LogP contribution in [0.15, 0.2) is 53.4 Å². The van der Waals surface area contributed by atoms with E-state index < -0.39 is 0 Å². The predicted molar refractivity (Wildman–Crippen MR) is 82.2 cm³/mol. The van der Waals surface area contributed by atoms with E-state index in [1.807, 2.05) is 0 Å². The van der Waals surface area contributed by atoms with Gasteiger partial charge < -0.3 is 5.32 Å². The smallest absolute Gasteiger partial charge is 0.221 e. The van der Waals surface area contributed by atoms with E-state index in [1.54, 1.807) is 36.4 Å². The molecule has 0 saturated carbocycles. The number of carbonyl (C=O) groups is 2. The molecular formula is C16H14FNO2S. The third-order valence-corrected chi connectivity index (χ3v) is 3.72. The fraction of sp³-hybridized carbons (Fsp3) is 0.125. The van der Waals surface area contributed by atoms with Crippen LogP contribution in [0.25, 0.3) is 0 Å². The van der Waals surface area contributed by atoms with Crippen LogP contribution in [0.2, 0.25) is 0 Å². The van der Waals surface area contributed by atoms with Crippen molar-refractivity contribution in [2.24, 2.45) is 0 Å². The summed E-state index contributed by atoms with van der Waals surface area (Å²) in [5.74, 6) is -0.177. The van der Waals surface area contributed by atoms with Crippen molar-refractivity contribution in [3.63, 3.8) is 0 Å². The van der Waals surface area contributed by atoms with Crippen LogP contribution in [-0.2, 0) is 4.79 Å². The zero-order chi connectivity index (χ0) is 15.2. The molecule has 21 heavy (non-hydrogen) atoms. The van der Waals surface area contributed by atoms with E-state index in [1.165, 1.54) is 30.8 Å². The van der Waals surface area contributed by atoms with Crippen molar-refractivity contribution in [1.82, 2.24) is 0 Å². The summed E-state index contributed by atoms with van der Waals surface area (Å²) in [5.41, 5.74) is 1.24. The van der Waals surface area contributed by atoms with Gasteiger partial charge in [0.25, 0.3) is 0 Å². The molecule has 108 valence electrons. The minimum absolute atomic E-state index is 0.0151. The van der Waals surface area contributed by atoms with Crippen LogP contribution in [0.4, 0.5) is 10.1 Å². The summed E-state index contributed by atoms with van der Waals surface area (Å²) in [4.78, 5) is 23.8. The third kappa shape index (κ3) is 4.72. The largest absolute Gasteiger partial charge is 0.326 e. The van der Waals surface area contributed by atoms with Gasteiger partial charge in [-0.25, -0.2) is 4.39 Å². The number of anilines is 1. The van der Waals surface area contributed by atoms with Gasteiger partial charge in [-0.3, -0.25) is 9.59 Å². The number of halogens is 1. The Morgan fingerprint density at radius 1 is 1.05 bits per heavy atom. The quantitative estimate of drug-likeness (QED) is 0.676. The molecular weight excluding hydrogens is 289 g/mol. The van der Waals surface area contributed by atoms with Crippen LogP contribution in [0, 0.1) is 5.82 Å². The van der Waals surface area contributed by atoms with E-state index in [4.69, 9.17) is 0 Å². The van der Waals surface area contributed by atoms with Crippen molar-refractivity contribution < 1.29 is 14.0 Å². The number of nitrogens with one attached hydrogen (secondary N) is 1. The number of hydrogen-bond acceptors (Lipinski definition) is 3. The maximum Gasteiger partial charge on any atom is 0.221 e. The molecule has 2 aromatic rings. The maximum absolute atomic E-state index is 12.8. The number of hydrogen-bond donors (Lipinski definition) is 1. The number of Topliss-reactive ketones (excluding diaryl/α,β-unsaturated/α-hetero) is 1. The molecule has 3 nitrogen and oxygen atoms in total. The molecule has 0 heterocycles. The van der Waals surface area contributed by atoms with E-state index in [-0.39, 0.29) is 23.3 Å². The molecule has 1 amide bonds. The normalized spacial score (nSPS) is 10.2. The second-order valence-electron chi connectivity index (χ2n) is 4.42. The first-order valence-electron chi connectivity index (χ1n) is 6.34. The zero-order valence-electron chi connectivity index (χ0n) is 11.4. The molecule has 0 aliphatic rings. The fourth-order valence-electron chi connectivity index (χ4n) is 1.71. The standard InChI is InChI=1S/C16H14FNO2S/c1-11(19)18-14-6-2-12(3-7-14)16(20)10-21-15-8-4-13(17)5-9-15/h2-9H,10H2,1H3,(H,18,19). The highest BCUT2D eigenvalue weighted by Gasteiger charge is 2.07. The summed E-state index contributed by atoms with van der Waals surface area (Å²) in [5, 5.41) is 2.64. The lowest BCUT2D eigenvalue weighted by molar-refractivity contribution is -0.114. The van der Waals surface area contributed by atoms with Crippen molar-refractivity contribution in [3.8, 4) is 0 Å². The molecule has 1 N–H and O–H groups in total. The molecule has 0 bridgehead atoms. The first-order valence-corrected chi connectivity index (χ1v) is 7.32. The molecule has 0 aromatic heterocycles. The van der Waals surface area contributed by atoms with Gasteiger partial charge in [-0.2, -0.15) is 0 Å². The summed E-state index contributed by atoms with van der Waals surface area (Å²) in [6.45, 7) is 1.43. The van der Waals surface area contributed by atoms with Crippen LogP contribution in [0.5, 0.6) is 0 Å². The molecule has 0 atom stereocenters. The number of carbonyl (C=O) groups excluding carboxylic acids is 2. The Bertz CT molecular complexity index is 638. The maximum atomic E-state index is 12.8. The summed E-state index contributed by atoms with van der Waals surface area (Å²) in [6, 6.07) is 12.8. The molecule has 0 aliphatic carbocycles. The second kappa shape index (κ2) is 7.04. The summed E-state index contributed by atoms with van der Waals surface area (Å²) < 4.78 is 12.8. The third-order valence-electron chi connectivity index (χ3n) is 2.71. The van der Waals surface area contributed by atoms with E-state index in [9.17, 15) is 14.0 Å². The lowest BCUT2D eigenvalue weighted by Crippen LogP contribution is -2.06. The molecule has 5 heteroatoms. The van der Waals surface area contributed by atoms with Gasteiger partial charge in [-0.15, -0.1) is 11.8 Å². The molecule has 0 saturated heterocycles. The topological polar surface area (TPSA) is 46.2 Å². The Labute approximate surface area is 126 Å². The van der Waals surface area contributed by atoms with Gasteiger partial charge in [-0.05, 0) is 48.5 Å². The van der Waals surface area contributed by atoms with Crippen LogP contribution < -0.4 is 5.32 Å². The summed E-state index contributed by atoms with van der Waals surface area (Å²) >= 11 is 1.36. The SMILES string of the molecule is CC(=O)Nc1ccc(C(=O)CSc2ccc(F)cc2)cc1. The molecule has 2 aromatic carbocycles. The first kappa shape index (κ1) is 15.3. The van der Waals surface area contributed by atoms with Crippen LogP contribution in [-0.4, -0.2) is 17.4 Å². The predicted octanol–water partition coefficient (Wildman–Crippen LogP) is 3.76.